The van der Waals surface area contributed by atoms with Gasteiger partial charge in [-0.15, -0.1) is 0 Å². The van der Waals surface area contributed by atoms with E-state index in [1.807, 2.05) is 30.5 Å². The second-order valence-corrected chi connectivity index (χ2v) is 6.66. The van der Waals surface area contributed by atoms with Crippen LogP contribution in [0.15, 0.2) is 53.3 Å². The number of carbonyl (C=O) groups excluding carboxylic acids is 1. The third kappa shape index (κ3) is 3.31. The molecule has 0 aromatic heterocycles. The molecule has 0 aromatic carbocycles. The number of aliphatic imine (C=N–C) groups is 1. The molecule has 2 saturated heterocycles. The predicted molar refractivity (Wildman–Crippen MR) is 94.1 cm³/mol. The van der Waals surface area contributed by atoms with Gasteiger partial charge in [-0.2, -0.15) is 0 Å². The molecule has 2 fully saturated rings. The molecule has 4 heteroatoms. The largest absolute Gasteiger partial charge is 0.374 e. The lowest BCUT2D eigenvalue weighted by atomic mass is 9.72. The highest BCUT2D eigenvalue weighted by molar-refractivity contribution is 6.11. The van der Waals surface area contributed by atoms with Gasteiger partial charge in [0.05, 0.1) is 11.1 Å². The first kappa shape index (κ1) is 15.8. The van der Waals surface area contributed by atoms with E-state index in [1.54, 1.807) is 0 Å². The second kappa shape index (κ2) is 6.57. The van der Waals surface area contributed by atoms with E-state index in [1.165, 1.54) is 0 Å². The SMILES string of the molecule is C=C1C=CC=CC1=N/C=C(\C)N1CCC2(CCCNC2=O)CC1. The van der Waals surface area contributed by atoms with Crippen LogP contribution in [0, 0.1) is 5.41 Å². The number of nitrogens with zero attached hydrogens (tertiary/aromatic N) is 2. The van der Waals surface area contributed by atoms with Gasteiger partial charge in [-0.05, 0) is 44.3 Å². The molecule has 2 aliphatic heterocycles. The van der Waals surface area contributed by atoms with Crippen LogP contribution in [0.5, 0.6) is 0 Å². The number of carbonyl (C=O) groups is 1. The topological polar surface area (TPSA) is 44.7 Å². The number of hydrogen-bond acceptors (Lipinski definition) is 3. The molecule has 0 radical (unpaired) electrons. The number of hydrogen-bond donors (Lipinski definition) is 1. The van der Waals surface area contributed by atoms with Crippen LogP contribution in [0.25, 0.3) is 0 Å². The fraction of sp³-hybridized carbons (Fsp3) is 0.474. The molecule has 0 aromatic rings. The molecule has 1 aliphatic carbocycles. The predicted octanol–water partition coefficient (Wildman–Crippen LogP) is 2.96. The van der Waals surface area contributed by atoms with E-state index in [9.17, 15) is 4.79 Å². The Morgan fingerprint density at radius 2 is 2.04 bits per heavy atom. The molecule has 1 N–H and O–H groups in total. The van der Waals surface area contributed by atoms with Crippen molar-refractivity contribution in [1.82, 2.24) is 10.2 Å². The lowest BCUT2D eigenvalue weighted by Gasteiger charge is -2.43. The van der Waals surface area contributed by atoms with Crippen LogP contribution in [0.4, 0.5) is 0 Å². The minimum atomic E-state index is -0.119. The maximum absolute atomic E-state index is 12.2. The zero-order valence-corrected chi connectivity index (χ0v) is 13.8. The molecule has 3 aliphatic rings. The van der Waals surface area contributed by atoms with Crippen molar-refractivity contribution in [3.63, 3.8) is 0 Å². The summed E-state index contributed by atoms with van der Waals surface area (Å²) in [4.78, 5) is 19.1. The molecule has 122 valence electrons. The Bertz CT molecular complexity index is 617. The van der Waals surface area contributed by atoms with Gasteiger partial charge in [-0.1, -0.05) is 24.8 Å². The molecule has 0 atom stereocenters. The van der Waals surface area contributed by atoms with E-state index < -0.39 is 0 Å². The summed E-state index contributed by atoms with van der Waals surface area (Å²) in [5, 5.41) is 3.04. The van der Waals surface area contributed by atoms with Gasteiger partial charge in [-0.25, -0.2) is 0 Å². The normalized spacial score (nSPS) is 26.0. The third-order valence-electron chi connectivity index (χ3n) is 5.20. The molecule has 0 saturated carbocycles. The van der Waals surface area contributed by atoms with Crippen LogP contribution in [0.3, 0.4) is 0 Å². The Morgan fingerprint density at radius 1 is 1.30 bits per heavy atom. The lowest BCUT2D eigenvalue weighted by Crippen LogP contribution is -2.51. The quantitative estimate of drug-likeness (QED) is 0.852. The average molecular weight is 311 g/mol. The number of allylic oxidation sites excluding steroid dienone is 6. The Morgan fingerprint density at radius 3 is 2.74 bits per heavy atom. The second-order valence-electron chi connectivity index (χ2n) is 6.66. The van der Waals surface area contributed by atoms with Gasteiger partial charge in [0.2, 0.25) is 5.91 Å². The number of nitrogens with one attached hydrogen (secondary N) is 1. The van der Waals surface area contributed by atoms with Crippen molar-refractivity contribution < 1.29 is 4.79 Å². The standard InChI is InChI=1S/C19H25N3O/c1-15-6-3-4-7-17(15)21-14-16(2)22-12-9-19(10-13-22)8-5-11-20-18(19)23/h3-4,6-7,14H,1,5,8-13H2,2H3,(H,20,23)/b16-14+,21-17?. The van der Waals surface area contributed by atoms with E-state index in [0.717, 1.165) is 62.3 Å². The lowest BCUT2D eigenvalue weighted by molar-refractivity contribution is -0.136. The molecule has 0 bridgehead atoms. The maximum atomic E-state index is 12.2. The number of amides is 1. The van der Waals surface area contributed by atoms with E-state index in [-0.39, 0.29) is 11.3 Å². The van der Waals surface area contributed by atoms with Crippen LogP contribution in [-0.4, -0.2) is 36.2 Å². The van der Waals surface area contributed by atoms with Crippen molar-refractivity contribution in [3.05, 3.63) is 48.4 Å². The first-order chi connectivity index (χ1) is 11.1. The van der Waals surface area contributed by atoms with Crippen molar-refractivity contribution in [2.45, 2.75) is 32.6 Å². The Kier molecular flexibility index (Phi) is 4.51. The highest BCUT2D eigenvalue weighted by Gasteiger charge is 2.42. The molecule has 0 unspecified atom stereocenters. The molecular formula is C19H25N3O. The van der Waals surface area contributed by atoms with Crippen LogP contribution in [-0.2, 0) is 4.79 Å². The Labute approximate surface area is 138 Å². The van der Waals surface area contributed by atoms with Crippen LogP contribution < -0.4 is 5.32 Å². The molecule has 1 amide bonds. The first-order valence-electron chi connectivity index (χ1n) is 8.43. The van der Waals surface area contributed by atoms with Gasteiger partial charge in [-0.3, -0.25) is 9.79 Å². The number of rotatable bonds is 2. The summed E-state index contributed by atoms with van der Waals surface area (Å²) in [5.41, 5.74) is 2.88. The molecule has 1 spiro atoms. The Balaban J connectivity index is 1.63. The minimum absolute atomic E-state index is 0.119. The number of likely N-dealkylation sites (tertiary alicyclic amines) is 1. The van der Waals surface area contributed by atoms with Gasteiger partial charge >= 0.3 is 0 Å². The van der Waals surface area contributed by atoms with Gasteiger partial charge in [0, 0.05) is 31.5 Å². The van der Waals surface area contributed by atoms with Crippen LogP contribution >= 0.6 is 0 Å². The molecule has 3 rings (SSSR count). The highest BCUT2D eigenvalue weighted by Crippen LogP contribution is 2.38. The zero-order chi connectivity index (χ0) is 16.3. The zero-order valence-electron chi connectivity index (χ0n) is 13.8. The van der Waals surface area contributed by atoms with Crippen molar-refractivity contribution in [1.29, 1.82) is 0 Å². The fourth-order valence-electron chi connectivity index (χ4n) is 3.58. The van der Waals surface area contributed by atoms with Gasteiger partial charge in [0.25, 0.3) is 0 Å². The molecular weight excluding hydrogens is 286 g/mol. The van der Waals surface area contributed by atoms with Crippen LogP contribution in [0.1, 0.15) is 32.6 Å². The monoisotopic (exact) mass is 311 g/mol. The first-order valence-corrected chi connectivity index (χ1v) is 8.43. The smallest absolute Gasteiger partial charge is 0.226 e. The highest BCUT2D eigenvalue weighted by atomic mass is 16.2. The van der Waals surface area contributed by atoms with Crippen molar-refractivity contribution in [2.24, 2.45) is 10.4 Å². The summed E-state index contributed by atoms with van der Waals surface area (Å²) in [6.45, 7) is 8.78. The molecule has 4 nitrogen and oxygen atoms in total. The van der Waals surface area contributed by atoms with Gasteiger partial charge in [0.15, 0.2) is 0 Å². The van der Waals surface area contributed by atoms with E-state index in [2.05, 4.69) is 28.7 Å². The van der Waals surface area contributed by atoms with Crippen molar-refractivity contribution >= 4 is 11.6 Å². The van der Waals surface area contributed by atoms with Gasteiger partial charge < -0.3 is 10.2 Å². The van der Waals surface area contributed by atoms with E-state index in [4.69, 9.17) is 0 Å². The summed E-state index contributed by atoms with van der Waals surface area (Å²) in [5.74, 6) is 0.265. The maximum Gasteiger partial charge on any atom is 0.226 e. The number of piperidine rings is 2. The summed E-state index contributed by atoms with van der Waals surface area (Å²) in [6, 6.07) is 0. The summed E-state index contributed by atoms with van der Waals surface area (Å²) < 4.78 is 0. The minimum Gasteiger partial charge on any atom is -0.374 e. The summed E-state index contributed by atoms with van der Waals surface area (Å²) >= 11 is 0. The van der Waals surface area contributed by atoms with Crippen LogP contribution in [0.2, 0.25) is 0 Å². The summed E-state index contributed by atoms with van der Waals surface area (Å²) in [7, 11) is 0. The molecule has 23 heavy (non-hydrogen) atoms. The summed E-state index contributed by atoms with van der Waals surface area (Å²) in [6.07, 6.45) is 13.8. The van der Waals surface area contributed by atoms with Crippen molar-refractivity contribution in [3.8, 4) is 0 Å². The van der Waals surface area contributed by atoms with E-state index in [0.29, 0.717) is 0 Å². The average Bonchev–Trinajstić information content (AvgIpc) is 2.57. The van der Waals surface area contributed by atoms with E-state index >= 15 is 0 Å². The Hall–Kier alpha value is -2.10. The van der Waals surface area contributed by atoms with Crippen molar-refractivity contribution in [2.75, 3.05) is 19.6 Å². The molecule has 2 heterocycles. The third-order valence-corrected chi connectivity index (χ3v) is 5.20. The van der Waals surface area contributed by atoms with Gasteiger partial charge in [0.1, 0.15) is 0 Å². The fourth-order valence-corrected chi connectivity index (χ4v) is 3.58.